The van der Waals surface area contributed by atoms with Gasteiger partial charge in [-0.2, -0.15) is 0 Å². The van der Waals surface area contributed by atoms with Gasteiger partial charge in [0.25, 0.3) is 11.7 Å². The van der Waals surface area contributed by atoms with Crippen molar-refractivity contribution in [3.05, 3.63) is 94.1 Å². The zero-order valence-corrected chi connectivity index (χ0v) is 22.3. The first-order valence-electron chi connectivity index (χ1n) is 12.6. The van der Waals surface area contributed by atoms with Crippen LogP contribution in [-0.2, 0) is 9.59 Å². The fourth-order valence-electron chi connectivity index (χ4n) is 5.12. The summed E-state index contributed by atoms with van der Waals surface area (Å²) in [6.07, 6.45) is 0. The van der Waals surface area contributed by atoms with Crippen molar-refractivity contribution >= 4 is 28.8 Å². The third kappa shape index (κ3) is 4.71. The third-order valence-corrected chi connectivity index (χ3v) is 6.97. The quantitative estimate of drug-likeness (QED) is 0.242. The number of hydrogen-bond acceptors (Lipinski definition) is 5. The standard InChI is InChI=1S/C31H34N2O4/c1-7-32(8-2)23-15-11-22(12-16-23)27-26(28(34)25-18-20(4)17-21(5)30(25)37-6)29(35)31(36)33(27)24-13-9-19(3)10-14-24/h9-18,27,34H,7-8H2,1-6H3/b28-26+. The van der Waals surface area contributed by atoms with E-state index in [0.717, 1.165) is 41.0 Å². The maximum atomic E-state index is 13.5. The Morgan fingerprint density at radius 1 is 0.919 bits per heavy atom. The second-order valence-corrected chi connectivity index (χ2v) is 9.43. The number of hydrogen-bond donors (Lipinski definition) is 1. The summed E-state index contributed by atoms with van der Waals surface area (Å²) in [5.41, 5.74) is 5.61. The van der Waals surface area contributed by atoms with Crippen molar-refractivity contribution in [2.24, 2.45) is 0 Å². The number of carbonyl (C=O) groups excluding carboxylic acids is 2. The summed E-state index contributed by atoms with van der Waals surface area (Å²) in [7, 11) is 1.53. The predicted octanol–water partition coefficient (Wildman–Crippen LogP) is 6.09. The van der Waals surface area contributed by atoms with Crippen molar-refractivity contribution in [3.8, 4) is 5.75 Å². The van der Waals surface area contributed by atoms with E-state index in [1.165, 1.54) is 12.0 Å². The van der Waals surface area contributed by atoms with Crippen LogP contribution in [0.1, 0.15) is 47.7 Å². The van der Waals surface area contributed by atoms with Crippen molar-refractivity contribution in [1.29, 1.82) is 0 Å². The number of aryl methyl sites for hydroxylation is 3. The molecule has 0 bridgehead atoms. The van der Waals surface area contributed by atoms with E-state index in [1.807, 2.05) is 75.4 Å². The van der Waals surface area contributed by atoms with Gasteiger partial charge in [0.2, 0.25) is 0 Å². The molecule has 1 fully saturated rings. The molecule has 0 saturated carbocycles. The van der Waals surface area contributed by atoms with Crippen molar-refractivity contribution in [3.63, 3.8) is 0 Å². The summed E-state index contributed by atoms with van der Waals surface area (Å²) in [5, 5.41) is 11.6. The first-order chi connectivity index (χ1) is 17.7. The molecule has 1 aliphatic rings. The summed E-state index contributed by atoms with van der Waals surface area (Å²) in [6.45, 7) is 11.7. The molecule has 3 aromatic rings. The van der Waals surface area contributed by atoms with E-state index in [2.05, 4.69) is 18.7 Å². The molecule has 3 aromatic carbocycles. The molecule has 1 saturated heterocycles. The summed E-state index contributed by atoms with van der Waals surface area (Å²) < 4.78 is 5.60. The second kappa shape index (κ2) is 10.5. The molecule has 0 aromatic heterocycles. The first-order valence-corrected chi connectivity index (χ1v) is 12.6. The Morgan fingerprint density at radius 2 is 1.54 bits per heavy atom. The van der Waals surface area contributed by atoms with Gasteiger partial charge in [-0.15, -0.1) is 0 Å². The van der Waals surface area contributed by atoms with Gasteiger partial charge in [0, 0.05) is 24.5 Å². The SMILES string of the molecule is CCN(CC)c1ccc(C2/C(=C(\O)c3cc(C)cc(C)c3OC)C(=O)C(=O)N2c2ccc(C)cc2)cc1. The minimum Gasteiger partial charge on any atom is -0.507 e. The molecule has 1 amide bonds. The molecule has 6 nitrogen and oxygen atoms in total. The predicted molar refractivity (Wildman–Crippen MR) is 148 cm³/mol. The van der Waals surface area contributed by atoms with Gasteiger partial charge >= 0.3 is 0 Å². The Labute approximate surface area is 218 Å². The number of rotatable bonds is 7. The average Bonchev–Trinajstić information content (AvgIpc) is 3.15. The minimum atomic E-state index is -0.793. The van der Waals surface area contributed by atoms with E-state index in [1.54, 1.807) is 6.07 Å². The van der Waals surface area contributed by atoms with Gasteiger partial charge in [-0.05, 0) is 81.6 Å². The molecule has 6 heteroatoms. The molecular weight excluding hydrogens is 464 g/mol. The summed E-state index contributed by atoms with van der Waals surface area (Å²) in [5.74, 6) is -1.17. The highest BCUT2D eigenvalue weighted by atomic mass is 16.5. The maximum absolute atomic E-state index is 13.5. The smallest absolute Gasteiger partial charge is 0.300 e. The monoisotopic (exact) mass is 498 g/mol. The van der Waals surface area contributed by atoms with Crippen LogP contribution < -0.4 is 14.5 Å². The Kier molecular flexibility index (Phi) is 7.39. The Bertz CT molecular complexity index is 1350. The van der Waals surface area contributed by atoms with E-state index in [0.29, 0.717) is 17.0 Å². The lowest BCUT2D eigenvalue weighted by Gasteiger charge is -2.27. The fraction of sp³-hybridized carbons (Fsp3) is 0.290. The molecule has 1 heterocycles. The van der Waals surface area contributed by atoms with E-state index < -0.39 is 17.7 Å². The lowest BCUT2D eigenvalue weighted by Crippen LogP contribution is -2.29. The van der Waals surface area contributed by atoms with Crippen LogP contribution in [0.4, 0.5) is 11.4 Å². The van der Waals surface area contributed by atoms with Gasteiger partial charge in [-0.25, -0.2) is 0 Å². The minimum absolute atomic E-state index is 0.0458. The van der Waals surface area contributed by atoms with E-state index >= 15 is 0 Å². The normalized spacial score (nSPS) is 16.8. The second-order valence-electron chi connectivity index (χ2n) is 9.43. The van der Waals surface area contributed by atoms with Crippen LogP contribution >= 0.6 is 0 Å². The van der Waals surface area contributed by atoms with Gasteiger partial charge in [0.15, 0.2) is 0 Å². The molecule has 4 rings (SSSR count). The van der Waals surface area contributed by atoms with Gasteiger partial charge in [-0.3, -0.25) is 14.5 Å². The molecule has 0 spiro atoms. The van der Waals surface area contributed by atoms with Crippen molar-refractivity contribution in [1.82, 2.24) is 0 Å². The number of nitrogens with zero attached hydrogens (tertiary/aromatic N) is 2. The maximum Gasteiger partial charge on any atom is 0.300 e. The average molecular weight is 499 g/mol. The number of benzene rings is 3. The molecule has 1 unspecified atom stereocenters. The van der Waals surface area contributed by atoms with Gasteiger partial charge in [0.1, 0.15) is 11.5 Å². The van der Waals surface area contributed by atoms with Crippen LogP contribution in [0.2, 0.25) is 0 Å². The van der Waals surface area contributed by atoms with Gasteiger partial charge < -0.3 is 14.7 Å². The topological polar surface area (TPSA) is 70.1 Å². The number of anilines is 2. The molecular formula is C31H34N2O4. The highest BCUT2D eigenvalue weighted by Crippen LogP contribution is 2.44. The number of aliphatic hydroxyl groups excluding tert-OH is 1. The van der Waals surface area contributed by atoms with Crippen LogP contribution in [0.3, 0.4) is 0 Å². The lowest BCUT2D eigenvalue weighted by atomic mass is 9.93. The summed E-state index contributed by atoms with van der Waals surface area (Å²) in [6, 6.07) is 18.2. The number of aliphatic hydroxyl groups is 1. The number of ketones is 1. The highest BCUT2D eigenvalue weighted by Gasteiger charge is 2.47. The van der Waals surface area contributed by atoms with Crippen LogP contribution in [-0.4, -0.2) is 37.0 Å². The molecule has 1 N–H and O–H groups in total. The van der Waals surface area contributed by atoms with Crippen LogP contribution in [0.15, 0.2) is 66.2 Å². The van der Waals surface area contributed by atoms with E-state index in [9.17, 15) is 14.7 Å². The Balaban J connectivity index is 1.96. The van der Waals surface area contributed by atoms with Gasteiger partial charge in [-0.1, -0.05) is 35.9 Å². The Morgan fingerprint density at radius 3 is 2.11 bits per heavy atom. The lowest BCUT2D eigenvalue weighted by molar-refractivity contribution is -0.132. The van der Waals surface area contributed by atoms with Crippen LogP contribution in [0.5, 0.6) is 5.75 Å². The molecule has 1 aliphatic heterocycles. The van der Waals surface area contributed by atoms with Crippen molar-refractivity contribution in [2.75, 3.05) is 30.0 Å². The Hall–Kier alpha value is -4.06. The van der Waals surface area contributed by atoms with E-state index in [-0.39, 0.29) is 11.3 Å². The molecule has 1 atom stereocenters. The number of amides is 1. The fourth-order valence-corrected chi connectivity index (χ4v) is 5.12. The largest absolute Gasteiger partial charge is 0.507 e. The molecule has 0 radical (unpaired) electrons. The van der Waals surface area contributed by atoms with Crippen molar-refractivity contribution in [2.45, 2.75) is 40.7 Å². The zero-order valence-electron chi connectivity index (χ0n) is 22.3. The number of Topliss-reactive ketones (excluding diaryl/α,β-unsaturated/α-hetero) is 1. The first kappa shape index (κ1) is 26.0. The third-order valence-electron chi connectivity index (χ3n) is 6.97. The molecule has 192 valence electrons. The van der Waals surface area contributed by atoms with Crippen molar-refractivity contribution < 1.29 is 19.4 Å². The number of ether oxygens (including phenoxy) is 1. The van der Waals surface area contributed by atoms with E-state index in [4.69, 9.17) is 4.74 Å². The molecule has 0 aliphatic carbocycles. The highest BCUT2D eigenvalue weighted by molar-refractivity contribution is 6.51. The van der Waals surface area contributed by atoms with Gasteiger partial charge in [0.05, 0.1) is 24.3 Å². The van der Waals surface area contributed by atoms with Crippen LogP contribution in [0, 0.1) is 20.8 Å². The summed E-state index contributed by atoms with van der Waals surface area (Å²) >= 11 is 0. The molecule has 37 heavy (non-hydrogen) atoms. The van der Waals surface area contributed by atoms with Crippen LogP contribution in [0.25, 0.3) is 5.76 Å². The summed E-state index contributed by atoms with van der Waals surface area (Å²) in [4.78, 5) is 30.7. The number of methoxy groups -OCH3 is 1. The number of carbonyl (C=O) groups is 2. The zero-order chi connectivity index (χ0) is 26.9.